The molecule has 3 aromatic heterocycles. The Morgan fingerprint density at radius 3 is 2.66 bits per heavy atom. The molecule has 2 saturated heterocycles. The van der Waals surface area contributed by atoms with Gasteiger partial charge < -0.3 is 19.2 Å². The number of ether oxygens (including phenoxy) is 2. The molecule has 7 nitrogen and oxygen atoms in total. The van der Waals surface area contributed by atoms with Crippen molar-refractivity contribution >= 4 is 17.4 Å². The maximum Gasteiger partial charge on any atom is 0.387 e. The van der Waals surface area contributed by atoms with Gasteiger partial charge in [-0.2, -0.15) is 8.78 Å². The van der Waals surface area contributed by atoms with E-state index in [2.05, 4.69) is 20.0 Å². The van der Waals surface area contributed by atoms with Crippen LogP contribution in [0.4, 0.5) is 23.4 Å². The lowest BCUT2D eigenvalue weighted by Gasteiger charge is -2.41. The molecule has 1 N–H and O–H groups in total. The average Bonchev–Trinajstić information content (AvgIpc) is 3.37. The van der Waals surface area contributed by atoms with Gasteiger partial charge in [-0.25, -0.2) is 18.7 Å². The van der Waals surface area contributed by atoms with Crippen molar-refractivity contribution in [3.8, 4) is 5.75 Å². The van der Waals surface area contributed by atoms with Gasteiger partial charge in [0.05, 0.1) is 23.5 Å². The number of hydrogen-bond donors (Lipinski definition) is 1. The van der Waals surface area contributed by atoms with Gasteiger partial charge in [-0.05, 0) is 31.9 Å². The number of halogens is 4. The summed E-state index contributed by atoms with van der Waals surface area (Å²) < 4.78 is 63.7. The Hall–Kier alpha value is -3.21. The number of alkyl halides is 4. The number of hydrogen-bond acceptors (Lipinski definition) is 5. The molecular weight excluding hydrogens is 432 g/mol. The van der Waals surface area contributed by atoms with Gasteiger partial charge in [-0.3, -0.25) is 4.79 Å². The first-order valence-electron chi connectivity index (χ1n) is 9.85. The van der Waals surface area contributed by atoms with Crippen LogP contribution in [0.3, 0.4) is 0 Å². The number of imidazole rings is 1. The average molecular weight is 450 g/mol. The second-order valence-corrected chi connectivity index (χ2v) is 8.40. The third kappa shape index (κ3) is 3.46. The summed E-state index contributed by atoms with van der Waals surface area (Å²) >= 11 is 0. The highest BCUT2D eigenvalue weighted by Gasteiger charge is 2.61. The Bertz CT molecular complexity index is 1210. The fourth-order valence-electron chi connectivity index (χ4n) is 4.61. The van der Waals surface area contributed by atoms with Crippen molar-refractivity contribution in [2.75, 3.05) is 11.9 Å². The maximum atomic E-state index is 13.0. The first kappa shape index (κ1) is 20.7. The number of rotatable bonds is 6. The molecule has 1 aliphatic carbocycles. The zero-order valence-corrected chi connectivity index (χ0v) is 16.8. The van der Waals surface area contributed by atoms with Gasteiger partial charge in [0.25, 0.3) is 12.3 Å². The zero-order valence-electron chi connectivity index (χ0n) is 16.8. The minimum absolute atomic E-state index is 0.141. The third-order valence-corrected chi connectivity index (χ3v) is 5.92. The van der Waals surface area contributed by atoms with E-state index in [9.17, 15) is 22.4 Å². The number of fused-ring (bicyclic) bond motifs is 2. The summed E-state index contributed by atoms with van der Waals surface area (Å²) in [5.74, 6) is -1.36. The first-order valence-corrected chi connectivity index (χ1v) is 9.85. The topological polar surface area (TPSA) is 77.8 Å². The highest BCUT2D eigenvalue weighted by atomic mass is 19.3. The molecule has 0 aromatic carbocycles. The van der Waals surface area contributed by atoms with E-state index < -0.39 is 24.6 Å². The highest BCUT2D eigenvalue weighted by Crippen LogP contribution is 2.58. The quantitative estimate of drug-likeness (QED) is 0.566. The number of pyridine rings is 2. The van der Waals surface area contributed by atoms with E-state index in [0.717, 1.165) is 24.6 Å². The van der Waals surface area contributed by atoms with Crippen molar-refractivity contribution < 1.29 is 31.8 Å². The molecule has 168 valence electrons. The normalized spacial score (nSPS) is 24.2. The van der Waals surface area contributed by atoms with Crippen LogP contribution in [0, 0.1) is 0 Å². The molecule has 1 amide bonds. The Morgan fingerprint density at radius 1 is 1.22 bits per heavy atom. The van der Waals surface area contributed by atoms with E-state index in [0.29, 0.717) is 12.3 Å². The van der Waals surface area contributed by atoms with Crippen molar-refractivity contribution in [1.29, 1.82) is 0 Å². The summed E-state index contributed by atoms with van der Waals surface area (Å²) in [7, 11) is 0. The van der Waals surface area contributed by atoms with Crippen LogP contribution >= 0.6 is 0 Å². The molecule has 3 aromatic rings. The van der Waals surface area contributed by atoms with Crippen LogP contribution in [-0.2, 0) is 10.2 Å². The Labute approximate surface area is 179 Å². The van der Waals surface area contributed by atoms with Crippen LogP contribution < -0.4 is 10.1 Å². The molecule has 32 heavy (non-hydrogen) atoms. The largest absolute Gasteiger partial charge is 0.434 e. The maximum absolute atomic E-state index is 13.0. The number of nitrogens with zero attached hydrogens (tertiary/aromatic N) is 3. The van der Waals surface area contributed by atoms with E-state index in [1.54, 1.807) is 10.6 Å². The summed E-state index contributed by atoms with van der Waals surface area (Å²) in [6, 6.07) is 4.99. The molecule has 11 heteroatoms. The molecule has 0 unspecified atom stereocenters. The van der Waals surface area contributed by atoms with Crippen molar-refractivity contribution in [2.45, 2.75) is 43.8 Å². The van der Waals surface area contributed by atoms with E-state index in [4.69, 9.17) is 4.74 Å². The second kappa shape index (κ2) is 7.16. The minimum atomic E-state index is -3.17. The molecule has 1 saturated carbocycles. The second-order valence-electron chi connectivity index (χ2n) is 8.40. The van der Waals surface area contributed by atoms with Gasteiger partial charge in [0.2, 0.25) is 0 Å². The smallest absolute Gasteiger partial charge is 0.387 e. The number of carbonyl (C=O) groups is 1. The third-order valence-electron chi connectivity index (χ3n) is 5.92. The fourth-order valence-corrected chi connectivity index (χ4v) is 4.61. The van der Waals surface area contributed by atoms with Gasteiger partial charge >= 0.3 is 6.61 Å². The van der Waals surface area contributed by atoms with Gasteiger partial charge in [0, 0.05) is 23.9 Å². The molecule has 0 spiro atoms. The predicted octanol–water partition coefficient (Wildman–Crippen LogP) is 4.34. The number of amides is 1. The number of nitrogens with one attached hydrogen (secondary N) is 1. The molecule has 0 atom stereocenters. The molecule has 2 aliphatic heterocycles. The van der Waals surface area contributed by atoms with Crippen LogP contribution in [0.15, 0.2) is 36.7 Å². The Kier molecular flexibility index (Phi) is 4.63. The Balaban J connectivity index is 1.49. The minimum Gasteiger partial charge on any atom is -0.434 e. The van der Waals surface area contributed by atoms with Crippen LogP contribution in [-0.4, -0.2) is 39.1 Å². The van der Waals surface area contributed by atoms with E-state index in [1.165, 1.54) is 24.4 Å². The lowest BCUT2D eigenvalue weighted by Crippen LogP contribution is -2.45. The number of anilines is 1. The van der Waals surface area contributed by atoms with Gasteiger partial charge in [0.1, 0.15) is 22.9 Å². The number of aromatic nitrogens is 3. The first-order chi connectivity index (χ1) is 15.2. The van der Waals surface area contributed by atoms with Crippen molar-refractivity contribution in [2.24, 2.45) is 0 Å². The van der Waals surface area contributed by atoms with E-state index >= 15 is 0 Å². The van der Waals surface area contributed by atoms with Gasteiger partial charge in [-0.1, -0.05) is 6.07 Å². The van der Waals surface area contributed by atoms with E-state index in [-0.39, 0.29) is 28.1 Å². The zero-order chi connectivity index (χ0) is 22.7. The van der Waals surface area contributed by atoms with E-state index in [1.807, 2.05) is 6.92 Å². The summed E-state index contributed by atoms with van der Waals surface area (Å²) in [6.45, 7) is -0.622. The Morgan fingerprint density at radius 2 is 2.00 bits per heavy atom. The monoisotopic (exact) mass is 450 g/mol. The molecule has 0 radical (unpaired) electrons. The summed E-state index contributed by atoms with van der Waals surface area (Å²) in [5, 5.41) is 2.35. The standard InChI is InChI=1S/C21H18F4N4O3/c1-20-8-21(9-20,10-31-20)14-7-29-6-11(13(32-19(24)25)5-16(29)27-14)18(30)28-15-4-2-3-12(26-15)17(22)23/h2-7,17,19H,8-10H2,1H3,(H,26,28,30). The highest BCUT2D eigenvalue weighted by molar-refractivity contribution is 6.05. The molecule has 6 rings (SSSR count). The molecule has 2 bridgehead atoms. The fraction of sp³-hybridized carbons (Fsp3) is 0.381. The van der Waals surface area contributed by atoms with Crippen LogP contribution in [0.5, 0.6) is 5.75 Å². The van der Waals surface area contributed by atoms with Crippen LogP contribution in [0.1, 0.15) is 47.9 Å². The SMILES string of the molecule is CC12CC(c3cn4cc(C(=O)Nc5cccc(C(F)F)n5)c(OC(F)F)cc4n3)(CO1)C2. The van der Waals surface area contributed by atoms with Crippen LogP contribution in [0.25, 0.3) is 5.65 Å². The number of carbonyl (C=O) groups excluding carboxylic acids is 1. The molecular formula is C21H18F4N4O3. The molecule has 3 aliphatic rings. The van der Waals surface area contributed by atoms with Crippen LogP contribution in [0.2, 0.25) is 0 Å². The predicted molar refractivity (Wildman–Crippen MR) is 104 cm³/mol. The van der Waals surface area contributed by atoms with Crippen molar-refractivity contribution in [1.82, 2.24) is 14.4 Å². The summed E-state index contributed by atoms with van der Waals surface area (Å²) in [4.78, 5) is 21.0. The van der Waals surface area contributed by atoms with Crippen molar-refractivity contribution in [3.05, 3.63) is 53.6 Å². The lowest BCUT2D eigenvalue weighted by atomic mass is 9.62. The summed E-state index contributed by atoms with van der Waals surface area (Å²) in [5.41, 5.74) is -0.0483. The molecule has 3 fully saturated rings. The van der Waals surface area contributed by atoms with Gasteiger partial charge in [-0.15, -0.1) is 0 Å². The summed E-state index contributed by atoms with van der Waals surface area (Å²) in [6.07, 6.45) is 1.85. The van der Waals surface area contributed by atoms with Crippen molar-refractivity contribution in [3.63, 3.8) is 0 Å². The van der Waals surface area contributed by atoms with Gasteiger partial charge in [0.15, 0.2) is 0 Å². The molecule has 5 heterocycles. The lowest BCUT2D eigenvalue weighted by molar-refractivity contribution is -0.0501.